The van der Waals surface area contributed by atoms with Gasteiger partial charge in [-0.2, -0.15) is 0 Å². The third-order valence-electron chi connectivity index (χ3n) is 4.46. The van der Waals surface area contributed by atoms with Crippen LogP contribution in [0.5, 0.6) is 0 Å². The number of nitrogens with zero attached hydrogens (tertiary/aromatic N) is 2. The smallest absolute Gasteiger partial charge is 0.191 e. The number of aliphatic hydroxyl groups excluding tert-OH is 1. The summed E-state index contributed by atoms with van der Waals surface area (Å²) in [5.74, 6) is 0.878. The molecule has 134 valence electrons. The second-order valence-electron chi connectivity index (χ2n) is 6.46. The van der Waals surface area contributed by atoms with Crippen molar-refractivity contribution in [3.8, 4) is 0 Å². The van der Waals surface area contributed by atoms with E-state index in [-0.39, 0.29) is 12.1 Å². The van der Waals surface area contributed by atoms with Crippen LogP contribution in [-0.2, 0) is 0 Å². The van der Waals surface area contributed by atoms with Crippen LogP contribution in [0.25, 0.3) is 0 Å². The third kappa shape index (κ3) is 6.49. The van der Waals surface area contributed by atoms with Gasteiger partial charge in [0.05, 0.1) is 12.1 Å². The van der Waals surface area contributed by atoms with Gasteiger partial charge in [-0.3, -0.25) is 4.99 Å². The van der Waals surface area contributed by atoms with E-state index in [9.17, 15) is 5.11 Å². The molecule has 1 aliphatic heterocycles. The second kappa shape index (κ2) is 10.3. The molecule has 0 amide bonds. The summed E-state index contributed by atoms with van der Waals surface area (Å²) in [5, 5.41) is 16.3. The Bertz CT molecular complexity index is 483. The number of rotatable bonds is 7. The van der Waals surface area contributed by atoms with E-state index in [1.165, 1.54) is 5.56 Å². The fourth-order valence-electron chi connectivity index (χ4n) is 2.98. The van der Waals surface area contributed by atoms with Crippen molar-refractivity contribution in [2.24, 2.45) is 4.99 Å². The van der Waals surface area contributed by atoms with Crippen LogP contribution in [0.15, 0.2) is 35.3 Å². The minimum absolute atomic E-state index is 0.0942. The largest absolute Gasteiger partial charge is 0.393 e. The summed E-state index contributed by atoms with van der Waals surface area (Å²) >= 11 is 0. The minimum Gasteiger partial charge on any atom is -0.393 e. The van der Waals surface area contributed by atoms with Gasteiger partial charge >= 0.3 is 0 Å². The molecule has 5 heteroatoms. The molecule has 0 bridgehead atoms. The first-order chi connectivity index (χ1) is 11.7. The zero-order valence-electron chi connectivity index (χ0n) is 15.0. The molecule has 1 saturated heterocycles. The molecule has 0 spiro atoms. The quantitative estimate of drug-likeness (QED) is 0.407. The zero-order chi connectivity index (χ0) is 17.2. The van der Waals surface area contributed by atoms with Gasteiger partial charge < -0.3 is 20.6 Å². The first-order valence-corrected chi connectivity index (χ1v) is 9.19. The number of likely N-dealkylation sites (tertiary alicyclic amines) is 1. The highest BCUT2D eigenvalue weighted by molar-refractivity contribution is 5.80. The van der Waals surface area contributed by atoms with Crippen LogP contribution in [0.3, 0.4) is 0 Å². The number of guanidine groups is 1. The summed E-state index contributed by atoms with van der Waals surface area (Å²) in [4.78, 5) is 7.12. The lowest BCUT2D eigenvalue weighted by Crippen LogP contribution is -2.39. The van der Waals surface area contributed by atoms with Crippen molar-refractivity contribution < 1.29 is 5.11 Å². The van der Waals surface area contributed by atoms with Crippen LogP contribution in [-0.4, -0.2) is 54.8 Å². The average Bonchev–Trinajstić information content (AvgIpc) is 2.61. The summed E-state index contributed by atoms with van der Waals surface area (Å²) < 4.78 is 0. The number of hydrogen-bond donors (Lipinski definition) is 3. The lowest BCUT2D eigenvalue weighted by molar-refractivity contribution is 0.0824. The van der Waals surface area contributed by atoms with E-state index >= 15 is 0 Å². The fraction of sp³-hybridized carbons (Fsp3) is 0.632. The molecule has 0 aliphatic carbocycles. The Labute approximate surface area is 146 Å². The second-order valence-corrected chi connectivity index (χ2v) is 6.46. The SMILES string of the molecule is CCNC(=NCCCN1CCC(O)CC1)NC(C)c1ccccc1. The van der Waals surface area contributed by atoms with Crippen molar-refractivity contribution in [2.45, 2.75) is 45.3 Å². The molecule has 1 atom stereocenters. The average molecular weight is 332 g/mol. The van der Waals surface area contributed by atoms with Crippen molar-refractivity contribution in [1.29, 1.82) is 0 Å². The molecule has 0 radical (unpaired) electrons. The molecule has 1 aromatic rings. The molecule has 3 N–H and O–H groups in total. The van der Waals surface area contributed by atoms with E-state index in [1.807, 2.05) is 6.07 Å². The first kappa shape index (κ1) is 18.7. The molecule has 0 saturated carbocycles. The van der Waals surface area contributed by atoms with Gasteiger partial charge in [-0.25, -0.2) is 0 Å². The molecular weight excluding hydrogens is 300 g/mol. The number of aliphatic imine (C=N–C) groups is 1. The van der Waals surface area contributed by atoms with Crippen LogP contribution in [0.2, 0.25) is 0 Å². The Hall–Kier alpha value is -1.59. The van der Waals surface area contributed by atoms with Gasteiger partial charge in [0, 0.05) is 26.2 Å². The van der Waals surface area contributed by atoms with Crippen LogP contribution < -0.4 is 10.6 Å². The van der Waals surface area contributed by atoms with Crippen molar-refractivity contribution in [3.05, 3.63) is 35.9 Å². The Morgan fingerprint density at radius 3 is 2.67 bits per heavy atom. The molecule has 0 aromatic heterocycles. The summed E-state index contributed by atoms with van der Waals surface area (Å²) in [6, 6.07) is 10.7. The highest BCUT2D eigenvalue weighted by Crippen LogP contribution is 2.11. The van der Waals surface area contributed by atoms with E-state index in [4.69, 9.17) is 4.99 Å². The molecule has 1 unspecified atom stereocenters. The predicted molar refractivity (Wildman–Crippen MR) is 100 cm³/mol. The maximum absolute atomic E-state index is 9.54. The Morgan fingerprint density at radius 2 is 2.00 bits per heavy atom. The monoisotopic (exact) mass is 332 g/mol. The maximum Gasteiger partial charge on any atom is 0.191 e. The van der Waals surface area contributed by atoms with Gasteiger partial charge in [0.2, 0.25) is 0 Å². The van der Waals surface area contributed by atoms with Crippen molar-refractivity contribution >= 4 is 5.96 Å². The number of aliphatic hydroxyl groups is 1. The lowest BCUT2D eigenvalue weighted by Gasteiger charge is -2.29. The van der Waals surface area contributed by atoms with Crippen LogP contribution in [0.4, 0.5) is 0 Å². The number of hydrogen-bond acceptors (Lipinski definition) is 3. The first-order valence-electron chi connectivity index (χ1n) is 9.19. The van der Waals surface area contributed by atoms with Gasteiger partial charge in [0.25, 0.3) is 0 Å². The standard InChI is InChI=1S/C19H32N4O/c1-3-20-19(22-16(2)17-8-5-4-6-9-17)21-12-7-13-23-14-10-18(24)11-15-23/h4-6,8-9,16,18,24H,3,7,10-15H2,1-2H3,(H2,20,21,22). The van der Waals surface area contributed by atoms with Crippen LogP contribution in [0, 0.1) is 0 Å². The Balaban J connectivity index is 1.75. The Morgan fingerprint density at radius 1 is 1.29 bits per heavy atom. The molecule has 5 nitrogen and oxygen atoms in total. The van der Waals surface area contributed by atoms with Gasteiger partial charge in [-0.1, -0.05) is 30.3 Å². The van der Waals surface area contributed by atoms with Crippen LogP contribution >= 0.6 is 0 Å². The molecule has 1 aliphatic rings. The normalized spacial score (nSPS) is 18.4. The van der Waals surface area contributed by atoms with E-state index in [0.717, 1.165) is 57.9 Å². The summed E-state index contributed by atoms with van der Waals surface area (Å²) in [6.45, 7) is 8.99. The molecule has 24 heavy (non-hydrogen) atoms. The zero-order valence-corrected chi connectivity index (χ0v) is 15.0. The summed E-state index contributed by atoms with van der Waals surface area (Å²) in [7, 11) is 0. The lowest BCUT2D eigenvalue weighted by atomic mass is 10.1. The molecule has 2 rings (SSSR count). The van der Waals surface area contributed by atoms with Crippen LogP contribution in [0.1, 0.15) is 44.7 Å². The molecule has 1 fully saturated rings. The van der Waals surface area contributed by atoms with Crippen molar-refractivity contribution in [1.82, 2.24) is 15.5 Å². The van der Waals surface area contributed by atoms with E-state index in [1.54, 1.807) is 0 Å². The highest BCUT2D eigenvalue weighted by atomic mass is 16.3. The summed E-state index contributed by atoms with van der Waals surface area (Å²) in [6.07, 6.45) is 2.76. The van der Waals surface area contributed by atoms with Crippen molar-refractivity contribution in [2.75, 3.05) is 32.7 Å². The van der Waals surface area contributed by atoms with Gasteiger partial charge in [0.15, 0.2) is 5.96 Å². The molecular formula is C19H32N4O. The maximum atomic E-state index is 9.54. The van der Waals surface area contributed by atoms with Gasteiger partial charge in [-0.05, 0) is 45.2 Å². The van der Waals surface area contributed by atoms with Gasteiger partial charge in [-0.15, -0.1) is 0 Å². The Kier molecular flexibility index (Phi) is 8.05. The van der Waals surface area contributed by atoms with Crippen molar-refractivity contribution in [3.63, 3.8) is 0 Å². The highest BCUT2D eigenvalue weighted by Gasteiger charge is 2.16. The van der Waals surface area contributed by atoms with Gasteiger partial charge in [0.1, 0.15) is 0 Å². The molecule has 1 heterocycles. The third-order valence-corrected chi connectivity index (χ3v) is 4.46. The van der Waals surface area contributed by atoms with E-state index in [2.05, 4.69) is 53.6 Å². The van der Waals surface area contributed by atoms with E-state index < -0.39 is 0 Å². The number of nitrogens with one attached hydrogen (secondary N) is 2. The summed E-state index contributed by atoms with van der Waals surface area (Å²) in [5.41, 5.74) is 1.26. The number of benzene rings is 1. The fourth-order valence-corrected chi connectivity index (χ4v) is 2.98. The predicted octanol–water partition coefficient (Wildman–Crippen LogP) is 2.15. The minimum atomic E-state index is -0.0942. The van der Waals surface area contributed by atoms with E-state index in [0.29, 0.717) is 0 Å². The topological polar surface area (TPSA) is 59.9 Å². The number of piperidine rings is 1. The molecule has 1 aromatic carbocycles.